The molecule has 0 saturated heterocycles. The highest BCUT2D eigenvalue weighted by Gasteiger charge is 2.23. The quantitative estimate of drug-likeness (QED) is 0.518. The highest BCUT2D eigenvalue weighted by atomic mass is 19.1. The summed E-state index contributed by atoms with van der Waals surface area (Å²) in [6.07, 6.45) is 3.19. The second-order valence-electron chi connectivity index (χ2n) is 7.50. The molecule has 1 aromatic heterocycles. The average Bonchev–Trinajstić information content (AvgIpc) is 2.81. The maximum absolute atomic E-state index is 13.5. The van der Waals surface area contributed by atoms with Crippen LogP contribution in [0.25, 0.3) is 22.4 Å². The van der Waals surface area contributed by atoms with Crippen LogP contribution < -0.4 is 0 Å². The van der Waals surface area contributed by atoms with Crippen molar-refractivity contribution in [2.75, 3.05) is 0 Å². The number of nitrogens with zero attached hydrogens (tertiary/aromatic N) is 1. The average molecular weight is 345 g/mol. The van der Waals surface area contributed by atoms with Gasteiger partial charge in [0.25, 0.3) is 0 Å². The molecule has 0 spiro atoms. The fourth-order valence-corrected chi connectivity index (χ4v) is 4.21. The zero-order valence-corrected chi connectivity index (χ0v) is 15.6. The molecule has 0 aliphatic heterocycles. The standard InChI is InChI=1S/C24H24FN/c1-15(2)23-16(3)22(18-11-13-19(25)14-12-18)21-10-6-8-17-7-4-5-9-20(17)24(21)26-23/h4-5,7,9,11-15H,6,8,10H2,1-3H3. The van der Waals surface area contributed by atoms with Crippen LogP contribution in [-0.4, -0.2) is 4.98 Å². The Morgan fingerprint density at radius 2 is 1.69 bits per heavy atom. The van der Waals surface area contributed by atoms with E-state index in [9.17, 15) is 4.39 Å². The van der Waals surface area contributed by atoms with E-state index in [0.29, 0.717) is 5.92 Å². The van der Waals surface area contributed by atoms with Crippen molar-refractivity contribution in [3.63, 3.8) is 0 Å². The second kappa shape index (κ2) is 6.68. The minimum atomic E-state index is -0.194. The van der Waals surface area contributed by atoms with Gasteiger partial charge in [0.2, 0.25) is 0 Å². The summed E-state index contributed by atoms with van der Waals surface area (Å²) in [7, 11) is 0. The highest BCUT2D eigenvalue weighted by Crippen LogP contribution is 2.40. The lowest BCUT2D eigenvalue weighted by atomic mass is 9.87. The Morgan fingerprint density at radius 1 is 0.962 bits per heavy atom. The van der Waals surface area contributed by atoms with Gasteiger partial charge in [0.05, 0.1) is 5.69 Å². The zero-order chi connectivity index (χ0) is 18.3. The van der Waals surface area contributed by atoms with Crippen LogP contribution in [-0.2, 0) is 12.8 Å². The molecule has 0 saturated carbocycles. The predicted octanol–water partition coefficient (Wildman–Crippen LogP) is 6.48. The van der Waals surface area contributed by atoms with E-state index in [1.807, 2.05) is 12.1 Å². The van der Waals surface area contributed by atoms with Gasteiger partial charge in [-0.2, -0.15) is 0 Å². The number of hydrogen-bond donors (Lipinski definition) is 0. The van der Waals surface area contributed by atoms with E-state index in [1.165, 1.54) is 27.8 Å². The predicted molar refractivity (Wildman–Crippen MR) is 106 cm³/mol. The topological polar surface area (TPSA) is 12.9 Å². The normalized spacial score (nSPS) is 13.3. The van der Waals surface area contributed by atoms with Gasteiger partial charge in [-0.25, -0.2) is 4.39 Å². The van der Waals surface area contributed by atoms with Crippen molar-refractivity contribution in [1.29, 1.82) is 0 Å². The smallest absolute Gasteiger partial charge is 0.123 e. The van der Waals surface area contributed by atoms with Gasteiger partial charge < -0.3 is 0 Å². The fraction of sp³-hybridized carbons (Fsp3) is 0.292. The number of benzene rings is 2. The molecule has 0 unspecified atom stereocenters. The lowest BCUT2D eigenvalue weighted by Crippen LogP contribution is -2.06. The molecule has 1 nitrogen and oxygen atoms in total. The first kappa shape index (κ1) is 17.0. The first-order chi connectivity index (χ1) is 12.6. The molecule has 0 radical (unpaired) electrons. The maximum atomic E-state index is 13.5. The molecule has 0 fully saturated rings. The summed E-state index contributed by atoms with van der Waals surface area (Å²) in [5.74, 6) is 0.149. The molecule has 1 aliphatic carbocycles. The minimum absolute atomic E-state index is 0.194. The van der Waals surface area contributed by atoms with Crippen LogP contribution in [0.5, 0.6) is 0 Å². The highest BCUT2D eigenvalue weighted by molar-refractivity contribution is 5.81. The largest absolute Gasteiger partial charge is 0.252 e. The van der Waals surface area contributed by atoms with E-state index in [4.69, 9.17) is 4.98 Å². The van der Waals surface area contributed by atoms with Crippen LogP contribution in [0.15, 0.2) is 48.5 Å². The monoisotopic (exact) mass is 345 g/mol. The third-order valence-electron chi connectivity index (χ3n) is 5.40. The van der Waals surface area contributed by atoms with Gasteiger partial charge in [-0.1, -0.05) is 50.2 Å². The van der Waals surface area contributed by atoms with Crippen LogP contribution in [0, 0.1) is 12.7 Å². The lowest BCUT2D eigenvalue weighted by Gasteiger charge is -2.21. The van der Waals surface area contributed by atoms with Crippen molar-refractivity contribution < 1.29 is 4.39 Å². The molecule has 3 aromatic rings. The van der Waals surface area contributed by atoms with Gasteiger partial charge in [0.15, 0.2) is 0 Å². The van der Waals surface area contributed by atoms with Gasteiger partial charge >= 0.3 is 0 Å². The SMILES string of the molecule is Cc1c(C(C)C)nc2c(c1-c1ccc(F)cc1)CCCc1ccccc1-2. The molecule has 2 aromatic carbocycles. The van der Waals surface area contributed by atoms with Gasteiger partial charge in [-0.3, -0.25) is 4.98 Å². The molecule has 132 valence electrons. The van der Waals surface area contributed by atoms with Crippen molar-refractivity contribution in [2.45, 2.75) is 46.0 Å². The van der Waals surface area contributed by atoms with E-state index in [0.717, 1.165) is 36.2 Å². The number of aryl methyl sites for hydroxylation is 1. The van der Waals surface area contributed by atoms with E-state index < -0.39 is 0 Å². The number of aromatic nitrogens is 1. The van der Waals surface area contributed by atoms with Crippen LogP contribution in [0.2, 0.25) is 0 Å². The first-order valence-corrected chi connectivity index (χ1v) is 9.44. The number of hydrogen-bond acceptors (Lipinski definition) is 1. The van der Waals surface area contributed by atoms with Gasteiger partial charge in [-0.05, 0) is 72.1 Å². The Bertz CT molecular complexity index is 955. The summed E-state index contributed by atoms with van der Waals surface area (Å²) in [5, 5.41) is 0. The van der Waals surface area contributed by atoms with Gasteiger partial charge in [-0.15, -0.1) is 0 Å². The van der Waals surface area contributed by atoms with E-state index in [1.54, 1.807) is 12.1 Å². The maximum Gasteiger partial charge on any atom is 0.123 e. The van der Waals surface area contributed by atoms with Crippen molar-refractivity contribution in [1.82, 2.24) is 4.98 Å². The Hall–Kier alpha value is -2.48. The summed E-state index contributed by atoms with van der Waals surface area (Å²) in [6.45, 7) is 6.55. The fourth-order valence-electron chi connectivity index (χ4n) is 4.21. The van der Waals surface area contributed by atoms with E-state index >= 15 is 0 Å². The molecular formula is C24H24FN. The minimum Gasteiger partial charge on any atom is -0.252 e. The van der Waals surface area contributed by atoms with E-state index in [2.05, 4.69) is 45.0 Å². The summed E-state index contributed by atoms with van der Waals surface area (Å²) in [5.41, 5.74) is 9.76. The third kappa shape index (κ3) is 2.84. The zero-order valence-electron chi connectivity index (χ0n) is 15.6. The van der Waals surface area contributed by atoms with Crippen LogP contribution >= 0.6 is 0 Å². The third-order valence-corrected chi connectivity index (χ3v) is 5.40. The molecular weight excluding hydrogens is 321 g/mol. The van der Waals surface area contributed by atoms with Crippen molar-refractivity contribution in [3.05, 3.63) is 76.7 Å². The van der Waals surface area contributed by atoms with E-state index in [-0.39, 0.29) is 5.82 Å². The lowest BCUT2D eigenvalue weighted by molar-refractivity contribution is 0.628. The summed E-state index contributed by atoms with van der Waals surface area (Å²) >= 11 is 0. The molecule has 1 aliphatic rings. The Balaban J connectivity index is 2.06. The number of halogens is 1. The molecule has 4 rings (SSSR count). The molecule has 1 heterocycles. The Labute approximate surface area is 154 Å². The van der Waals surface area contributed by atoms with Crippen LogP contribution in [0.3, 0.4) is 0 Å². The van der Waals surface area contributed by atoms with Crippen molar-refractivity contribution >= 4 is 0 Å². The Kier molecular flexibility index (Phi) is 4.36. The number of rotatable bonds is 2. The van der Waals surface area contributed by atoms with Gasteiger partial charge in [0, 0.05) is 11.3 Å². The molecule has 0 atom stereocenters. The molecule has 0 amide bonds. The molecule has 0 bridgehead atoms. The van der Waals surface area contributed by atoms with Crippen molar-refractivity contribution in [3.8, 4) is 22.4 Å². The van der Waals surface area contributed by atoms with Crippen LogP contribution in [0.4, 0.5) is 4.39 Å². The summed E-state index contributed by atoms with van der Waals surface area (Å²) in [6, 6.07) is 15.5. The summed E-state index contributed by atoms with van der Waals surface area (Å²) in [4.78, 5) is 5.14. The molecule has 0 N–H and O–H groups in total. The number of pyridine rings is 1. The van der Waals surface area contributed by atoms with Crippen LogP contribution in [0.1, 0.15) is 48.6 Å². The molecule has 2 heteroatoms. The number of fused-ring (bicyclic) bond motifs is 3. The first-order valence-electron chi connectivity index (χ1n) is 9.44. The second-order valence-corrected chi connectivity index (χ2v) is 7.50. The summed E-state index contributed by atoms with van der Waals surface area (Å²) < 4.78 is 13.5. The molecule has 26 heavy (non-hydrogen) atoms. The Morgan fingerprint density at radius 3 is 2.42 bits per heavy atom. The van der Waals surface area contributed by atoms with Crippen molar-refractivity contribution in [2.24, 2.45) is 0 Å². The van der Waals surface area contributed by atoms with Gasteiger partial charge in [0.1, 0.15) is 5.82 Å².